The minimum Gasteiger partial charge on any atom is -0.488 e. The van der Waals surface area contributed by atoms with Crippen LogP contribution in [0.25, 0.3) is 6.08 Å². The summed E-state index contributed by atoms with van der Waals surface area (Å²) in [4.78, 5) is 40.7. The fraction of sp³-hybridized carbons (Fsp3) is 0.250. The summed E-state index contributed by atoms with van der Waals surface area (Å²) in [6.07, 6.45) is 1.58. The van der Waals surface area contributed by atoms with Crippen LogP contribution in [0.4, 0.5) is 4.79 Å². The van der Waals surface area contributed by atoms with Gasteiger partial charge in [-0.1, -0.05) is 34.1 Å². The Morgan fingerprint density at radius 2 is 1.97 bits per heavy atom. The van der Waals surface area contributed by atoms with Gasteiger partial charge in [-0.15, -0.1) is 0 Å². The predicted molar refractivity (Wildman–Crippen MR) is 130 cm³/mol. The number of nitrogens with zero attached hydrogens (tertiary/aromatic N) is 3. The van der Waals surface area contributed by atoms with Gasteiger partial charge in [0.25, 0.3) is 11.1 Å². The predicted octanol–water partition coefficient (Wildman–Crippen LogP) is 3.79. The van der Waals surface area contributed by atoms with Gasteiger partial charge in [-0.25, -0.2) is 0 Å². The molecule has 2 heterocycles. The summed E-state index contributed by atoms with van der Waals surface area (Å²) in [5.41, 5.74) is 1.85. The van der Waals surface area contributed by atoms with Crippen LogP contribution in [0, 0.1) is 11.3 Å². The number of carbonyl (C=O) groups is 3. The first-order valence-corrected chi connectivity index (χ1v) is 12.1. The third-order valence-electron chi connectivity index (χ3n) is 5.31. The molecule has 0 radical (unpaired) electrons. The second-order valence-corrected chi connectivity index (χ2v) is 9.41. The molecular formula is C24H20BrN3O5S. The van der Waals surface area contributed by atoms with Crippen LogP contribution in [0.15, 0.2) is 51.8 Å². The number of hydrogen-bond donors (Lipinski definition) is 0. The third-order valence-corrected chi connectivity index (χ3v) is 6.71. The fourth-order valence-corrected chi connectivity index (χ4v) is 4.71. The lowest BCUT2D eigenvalue weighted by Crippen LogP contribution is -2.46. The van der Waals surface area contributed by atoms with Crippen molar-refractivity contribution in [2.24, 2.45) is 0 Å². The molecule has 2 saturated heterocycles. The topological polar surface area (TPSA) is 99.9 Å². The first-order valence-electron chi connectivity index (χ1n) is 10.5. The first kappa shape index (κ1) is 24.0. The molecule has 0 unspecified atom stereocenters. The second-order valence-electron chi connectivity index (χ2n) is 7.50. The Morgan fingerprint density at radius 1 is 1.21 bits per heavy atom. The summed E-state index contributed by atoms with van der Waals surface area (Å²) in [6.45, 7) is 1.64. The van der Waals surface area contributed by atoms with E-state index in [2.05, 4.69) is 22.0 Å². The number of imide groups is 1. The number of thioether (sulfide) groups is 1. The summed E-state index contributed by atoms with van der Waals surface area (Å²) in [6, 6.07) is 14.6. The van der Waals surface area contributed by atoms with E-state index < -0.39 is 11.1 Å². The van der Waals surface area contributed by atoms with E-state index in [1.165, 1.54) is 0 Å². The van der Waals surface area contributed by atoms with Crippen LogP contribution >= 0.6 is 27.7 Å². The van der Waals surface area contributed by atoms with Crippen LogP contribution in [0.3, 0.4) is 0 Å². The normalized spacial score (nSPS) is 17.2. The Balaban J connectivity index is 1.51. The van der Waals surface area contributed by atoms with Crippen LogP contribution in [0.1, 0.15) is 16.7 Å². The van der Waals surface area contributed by atoms with E-state index in [1.807, 2.05) is 12.1 Å². The summed E-state index contributed by atoms with van der Waals surface area (Å²) in [5, 5.41) is 8.80. The first-order chi connectivity index (χ1) is 16.5. The Labute approximate surface area is 209 Å². The second kappa shape index (κ2) is 10.9. The number of nitriles is 1. The largest absolute Gasteiger partial charge is 0.488 e. The van der Waals surface area contributed by atoms with Gasteiger partial charge in [0.05, 0.1) is 29.8 Å². The van der Waals surface area contributed by atoms with Gasteiger partial charge in [0, 0.05) is 28.7 Å². The maximum absolute atomic E-state index is 12.9. The van der Waals surface area contributed by atoms with Crippen LogP contribution in [0.5, 0.6) is 5.75 Å². The van der Waals surface area contributed by atoms with Crippen molar-refractivity contribution < 1.29 is 23.9 Å². The molecule has 3 amide bonds. The van der Waals surface area contributed by atoms with E-state index in [-0.39, 0.29) is 24.0 Å². The highest BCUT2D eigenvalue weighted by Gasteiger charge is 2.37. The van der Waals surface area contributed by atoms with E-state index in [1.54, 1.807) is 41.3 Å². The van der Waals surface area contributed by atoms with Crippen molar-refractivity contribution in [3.63, 3.8) is 0 Å². The number of hydrogen-bond acceptors (Lipinski definition) is 7. The highest BCUT2D eigenvalue weighted by molar-refractivity contribution is 9.10. The van der Waals surface area contributed by atoms with Crippen molar-refractivity contribution in [2.75, 3.05) is 32.8 Å². The van der Waals surface area contributed by atoms with E-state index in [4.69, 9.17) is 9.47 Å². The molecule has 2 aromatic carbocycles. The number of amides is 3. The van der Waals surface area contributed by atoms with E-state index in [0.29, 0.717) is 43.2 Å². The van der Waals surface area contributed by atoms with E-state index in [9.17, 15) is 19.6 Å². The van der Waals surface area contributed by atoms with Gasteiger partial charge in [0.15, 0.2) is 0 Å². The standard InChI is InChI=1S/C24H20BrN3O5S/c25-19-5-6-20(33-15-17-4-2-1-3-16(17)13-26)18(11-19)12-21-23(30)28(24(31)34-21)14-22(29)27-7-9-32-10-8-27/h1-6,11-12H,7-10,14-15H2/b21-12+. The highest BCUT2D eigenvalue weighted by Crippen LogP contribution is 2.35. The average Bonchev–Trinajstić information content (AvgIpc) is 3.11. The molecule has 2 fully saturated rings. The molecular weight excluding hydrogens is 522 g/mol. The van der Waals surface area contributed by atoms with Crippen molar-refractivity contribution in [3.05, 3.63) is 68.5 Å². The lowest BCUT2D eigenvalue weighted by Gasteiger charge is -2.28. The van der Waals surface area contributed by atoms with Crippen molar-refractivity contribution >= 4 is 50.8 Å². The van der Waals surface area contributed by atoms with Gasteiger partial charge in [-0.3, -0.25) is 19.3 Å². The van der Waals surface area contributed by atoms with E-state index >= 15 is 0 Å². The molecule has 0 bridgehead atoms. The molecule has 0 aliphatic carbocycles. The summed E-state index contributed by atoms with van der Waals surface area (Å²) in [5.74, 6) is -0.306. The van der Waals surface area contributed by atoms with Gasteiger partial charge >= 0.3 is 0 Å². The molecule has 8 nitrogen and oxygen atoms in total. The zero-order valence-corrected chi connectivity index (χ0v) is 20.4. The van der Waals surface area contributed by atoms with E-state index in [0.717, 1.165) is 26.7 Å². The summed E-state index contributed by atoms with van der Waals surface area (Å²) < 4.78 is 12.0. The number of morpholine rings is 1. The van der Waals surface area contributed by atoms with Crippen molar-refractivity contribution in [1.82, 2.24) is 9.80 Å². The molecule has 0 spiro atoms. The number of halogens is 1. The molecule has 2 aliphatic heterocycles. The Kier molecular flexibility index (Phi) is 7.67. The minimum absolute atomic E-state index is 0.168. The third kappa shape index (κ3) is 5.50. The maximum atomic E-state index is 12.9. The number of benzene rings is 2. The Bertz CT molecular complexity index is 1200. The summed E-state index contributed by atoms with van der Waals surface area (Å²) >= 11 is 4.21. The monoisotopic (exact) mass is 541 g/mol. The van der Waals surface area contributed by atoms with Crippen molar-refractivity contribution in [2.45, 2.75) is 6.61 Å². The maximum Gasteiger partial charge on any atom is 0.294 e. The van der Waals surface area contributed by atoms with Gasteiger partial charge in [0.1, 0.15) is 18.9 Å². The number of ether oxygens (including phenoxy) is 2. The Hall–Kier alpha value is -3.13. The molecule has 0 saturated carbocycles. The Morgan fingerprint density at radius 3 is 2.74 bits per heavy atom. The minimum atomic E-state index is -0.516. The lowest BCUT2D eigenvalue weighted by atomic mass is 10.1. The molecule has 4 rings (SSSR count). The van der Waals surface area contributed by atoms with Crippen LogP contribution < -0.4 is 4.74 Å². The molecule has 0 atom stereocenters. The average molecular weight is 542 g/mol. The van der Waals surface area contributed by atoms with Gasteiger partial charge in [0.2, 0.25) is 5.91 Å². The van der Waals surface area contributed by atoms with Gasteiger partial charge in [-0.05, 0) is 42.1 Å². The number of rotatable bonds is 6. The fourth-order valence-electron chi connectivity index (χ4n) is 3.50. The molecule has 0 N–H and O–H groups in total. The molecule has 174 valence electrons. The zero-order chi connectivity index (χ0) is 24.1. The molecule has 34 heavy (non-hydrogen) atoms. The van der Waals surface area contributed by atoms with Crippen molar-refractivity contribution in [3.8, 4) is 11.8 Å². The smallest absolute Gasteiger partial charge is 0.294 e. The molecule has 2 aliphatic rings. The van der Waals surface area contributed by atoms with Gasteiger partial charge < -0.3 is 14.4 Å². The molecule has 10 heteroatoms. The SMILES string of the molecule is N#Cc1ccccc1COc1ccc(Br)cc1/C=C1/SC(=O)N(CC(=O)N2CCOCC2)C1=O. The molecule has 2 aromatic rings. The van der Waals surface area contributed by atoms with Crippen molar-refractivity contribution in [1.29, 1.82) is 5.26 Å². The summed E-state index contributed by atoms with van der Waals surface area (Å²) in [7, 11) is 0. The highest BCUT2D eigenvalue weighted by atomic mass is 79.9. The van der Waals surface area contributed by atoms with Crippen LogP contribution in [-0.2, 0) is 20.9 Å². The van der Waals surface area contributed by atoms with Gasteiger partial charge in [-0.2, -0.15) is 5.26 Å². The molecule has 0 aromatic heterocycles. The zero-order valence-electron chi connectivity index (χ0n) is 18.0. The lowest BCUT2D eigenvalue weighted by molar-refractivity contribution is -0.139. The van der Waals surface area contributed by atoms with Crippen LogP contribution in [0.2, 0.25) is 0 Å². The quantitative estimate of drug-likeness (QED) is 0.512. The number of carbonyl (C=O) groups excluding carboxylic acids is 3. The van der Waals surface area contributed by atoms with Crippen LogP contribution in [-0.4, -0.2) is 59.7 Å².